The Balaban J connectivity index is 2.79. The third-order valence-electron chi connectivity index (χ3n) is 1.38. The second kappa shape index (κ2) is 3.19. The van der Waals surface area contributed by atoms with Crippen molar-refractivity contribution in [1.29, 1.82) is 0 Å². The van der Waals surface area contributed by atoms with Crippen LogP contribution in [-0.2, 0) is 0 Å². The molecule has 2 heteroatoms. The minimum atomic E-state index is -2.45. The molecule has 0 aliphatic carbocycles. The van der Waals surface area contributed by atoms with Gasteiger partial charge in [0.15, 0.2) is 5.78 Å². The highest BCUT2D eigenvalue weighted by atomic mass is 16.5. The van der Waals surface area contributed by atoms with Crippen LogP contribution in [0.2, 0.25) is 0 Å². The average Bonchev–Trinajstić information content (AvgIpc) is 2.02. The summed E-state index contributed by atoms with van der Waals surface area (Å²) in [5.74, 6) is 0.167. The molecule has 1 aromatic rings. The van der Waals surface area contributed by atoms with Gasteiger partial charge in [-0.1, -0.05) is 0 Å². The lowest BCUT2D eigenvalue weighted by molar-refractivity contribution is 0.101. The summed E-state index contributed by atoms with van der Waals surface area (Å²) in [4.78, 5) is 10.9. The first kappa shape index (κ1) is 4.54. The lowest BCUT2D eigenvalue weighted by Gasteiger charge is -1.98. The molecule has 0 N–H and O–H groups in total. The van der Waals surface area contributed by atoms with Gasteiger partial charge in [0.1, 0.15) is 5.75 Å². The molecule has 0 unspecified atom stereocenters. The summed E-state index contributed by atoms with van der Waals surface area (Å²) < 4.78 is 25.2. The number of carbonyl (C=O) groups excluding carboxylic acids is 1. The highest BCUT2D eigenvalue weighted by molar-refractivity contribution is 5.94. The van der Waals surface area contributed by atoms with Crippen LogP contribution in [-0.4, -0.2) is 12.8 Å². The predicted octanol–water partition coefficient (Wildman–Crippen LogP) is 1.90. The van der Waals surface area contributed by atoms with Gasteiger partial charge < -0.3 is 4.74 Å². The monoisotopic (exact) mass is 153 g/mol. The molecule has 0 radical (unpaired) electrons. The number of methoxy groups -OCH3 is 1. The summed E-state index contributed by atoms with van der Waals surface area (Å²) in [6.07, 6.45) is 0. The van der Waals surface area contributed by atoms with Crippen molar-refractivity contribution in [2.75, 3.05) is 7.04 Å². The number of hydrogen-bond donors (Lipinski definition) is 0. The predicted molar refractivity (Wildman–Crippen MR) is 43.0 cm³/mol. The number of ketones is 1. The number of benzene rings is 1. The Labute approximate surface area is 70.0 Å². The molecule has 0 amide bonds. The smallest absolute Gasteiger partial charge is 0.159 e. The number of Topliss-reactive ketones (excluding diaryl/α,β-unsaturated/α-hetero) is 1. The molecule has 0 spiro atoms. The van der Waals surface area contributed by atoms with Gasteiger partial charge in [0.2, 0.25) is 0 Å². The molecular weight excluding hydrogens is 140 g/mol. The van der Waals surface area contributed by atoms with E-state index in [4.69, 9.17) is 4.11 Å². The summed E-state index contributed by atoms with van der Waals surface area (Å²) >= 11 is 0. The summed E-state index contributed by atoms with van der Waals surface area (Å²) in [7, 11) is -2.45. The van der Waals surface area contributed by atoms with Gasteiger partial charge >= 0.3 is 0 Å². The molecule has 0 bridgehead atoms. The minimum Gasteiger partial charge on any atom is -0.497 e. The van der Waals surface area contributed by atoms with Crippen LogP contribution >= 0.6 is 0 Å². The van der Waals surface area contributed by atoms with Gasteiger partial charge in [-0.05, 0) is 31.2 Å². The molecule has 0 aliphatic rings. The quantitative estimate of drug-likeness (QED) is 0.606. The van der Waals surface area contributed by atoms with Crippen molar-refractivity contribution in [2.24, 2.45) is 0 Å². The fourth-order valence-electron chi connectivity index (χ4n) is 0.758. The third kappa shape index (κ3) is 1.80. The first-order valence-electron chi connectivity index (χ1n) is 4.68. The molecule has 1 aromatic carbocycles. The van der Waals surface area contributed by atoms with E-state index < -0.39 is 7.04 Å². The molecule has 0 aliphatic heterocycles. The molecule has 0 saturated carbocycles. The largest absolute Gasteiger partial charge is 0.497 e. The minimum absolute atomic E-state index is 0.0644. The Morgan fingerprint density at radius 1 is 1.45 bits per heavy atom. The highest BCUT2D eigenvalue weighted by Gasteiger charge is 1.97. The Morgan fingerprint density at radius 2 is 2.09 bits per heavy atom. The SMILES string of the molecule is [2H]C([2H])([2H])Oc1ccc(C(C)=O)cc1. The van der Waals surface area contributed by atoms with E-state index in [9.17, 15) is 4.79 Å². The lowest BCUT2D eigenvalue weighted by atomic mass is 10.1. The molecule has 0 atom stereocenters. The Kier molecular flexibility index (Phi) is 1.32. The lowest BCUT2D eigenvalue weighted by Crippen LogP contribution is -1.91. The Hall–Kier alpha value is -1.31. The van der Waals surface area contributed by atoms with Crippen LogP contribution in [0.5, 0.6) is 5.75 Å². The van der Waals surface area contributed by atoms with E-state index in [-0.39, 0.29) is 11.5 Å². The zero-order valence-electron chi connectivity index (χ0n) is 9.13. The van der Waals surface area contributed by atoms with E-state index in [0.29, 0.717) is 5.56 Å². The first-order chi connectivity index (χ1) is 6.38. The maximum absolute atomic E-state index is 10.9. The van der Waals surface area contributed by atoms with E-state index in [2.05, 4.69) is 4.74 Å². The molecule has 1 rings (SSSR count). The van der Waals surface area contributed by atoms with Crippen LogP contribution in [0.3, 0.4) is 0 Å². The zero-order chi connectivity index (χ0) is 10.8. The molecule has 0 heterocycles. The molecule has 0 aromatic heterocycles. The van der Waals surface area contributed by atoms with Gasteiger partial charge in [-0.15, -0.1) is 0 Å². The first-order valence-corrected chi connectivity index (χ1v) is 3.18. The number of rotatable bonds is 2. The second-order valence-electron chi connectivity index (χ2n) is 2.18. The standard InChI is InChI=1S/C9H10O2/c1-7(10)8-3-5-9(11-2)6-4-8/h3-6H,1-2H3/i2D3. The number of ether oxygens (including phenoxy) is 1. The fourth-order valence-corrected chi connectivity index (χ4v) is 0.758. The van der Waals surface area contributed by atoms with Crippen LogP contribution in [0.4, 0.5) is 0 Å². The van der Waals surface area contributed by atoms with E-state index >= 15 is 0 Å². The van der Waals surface area contributed by atoms with E-state index in [1.165, 1.54) is 31.2 Å². The van der Waals surface area contributed by atoms with E-state index in [1.54, 1.807) is 0 Å². The Bertz CT molecular complexity index is 327. The Morgan fingerprint density at radius 3 is 2.55 bits per heavy atom. The van der Waals surface area contributed by atoms with Gasteiger partial charge in [0, 0.05) is 5.56 Å². The fraction of sp³-hybridized carbons (Fsp3) is 0.222. The number of carbonyl (C=O) groups is 1. The summed E-state index contributed by atoms with van der Waals surface area (Å²) in [6, 6.07) is 5.99. The van der Waals surface area contributed by atoms with Crippen molar-refractivity contribution in [3.05, 3.63) is 29.8 Å². The van der Waals surface area contributed by atoms with Crippen molar-refractivity contribution < 1.29 is 13.6 Å². The van der Waals surface area contributed by atoms with Crippen molar-refractivity contribution in [1.82, 2.24) is 0 Å². The van der Waals surface area contributed by atoms with Crippen molar-refractivity contribution >= 4 is 5.78 Å². The van der Waals surface area contributed by atoms with E-state index in [0.717, 1.165) is 0 Å². The maximum atomic E-state index is 10.9. The van der Waals surface area contributed by atoms with Crippen molar-refractivity contribution in [2.45, 2.75) is 6.92 Å². The summed E-state index contributed by atoms with van der Waals surface area (Å²) in [5, 5.41) is 0. The van der Waals surface area contributed by atoms with Crippen LogP contribution in [0.25, 0.3) is 0 Å². The average molecular weight is 153 g/mol. The van der Waals surface area contributed by atoms with Crippen LogP contribution in [0.15, 0.2) is 24.3 Å². The molecule has 58 valence electrons. The second-order valence-corrected chi connectivity index (χ2v) is 2.18. The van der Waals surface area contributed by atoms with Crippen molar-refractivity contribution in [3.8, 4) is 5.75 Å². The van der Waals surface area contributed by atoms with Crippen LogP contribution in [0, 0.1) is 0 Å². The molecule has 0 saturated heterocycles. The van der Waals surface area contributed by atoms with Gasteiger partial charge in [0.25, 0.3) is 0 Å². The third-order valence-corrected chi connectivity index (χ3v) is 1.38. The van der Waals surface area contributed by atoms with Gasteiger partial charge in [-0.3, -0.25) is 4.79 Å². The van der Waals surface area contributed by atoms with Crippen molar-refractivity contribution in [3.63, 3.8) is 0 Å². The zero-order valence-corrected chi connectivity index (χ0v) is 6.13. The molecule has 2 nitrogen and oxygen atoms in total. The summed E-state index contributed by atoms with van der Waals surface area (Å²) in [5.41, 5.74) is 0.530. The summed E-state index contributed by atoms with van der Waals surface area (Å²) in [6.45, 7) is 1.44. The highest BCUT2D eigenvalue weighted by Crippen LogP contribution is 2.11. The molecular formula is C9H10O2. The maximum Gasteiger partial charge on any atom is 0.159 e. The van der Waals surface area contributed by atoms with E-state index in [1.807, 2.05) is 0 Å². The normalized spacial score (nSPS) is 14.5. The van der Waals surface area contributed by atoms with Gasteiger partial charge in [-0.25, -0.2) is 0 Å². The van der Waals surface area contributed by atoms with Crippen LogP contribution in [0.1, 0.15) is 21.4 Å². The topological polar surface area (TPSA) is 26.3 Å². The van der Waals surface area contributed by atoms with Gasteiger partial charge in [-0.2, -0.15) is 0 Å². The molecule has 0 fully saturated rings. The number of hydrogen-bond acceptors (Lipinski definition) is 2. The van der Waals surface area contributed by atoms with Crippen LogP contribution < -0.4 is 4.74 Å². The van der Waals surface area contributed by atoms with Gasteiger partial charge in [0.05, 0.1) is 11.2 Å². The molecule has 11 heavy (non-hydrogen) atoms.